The second-order valence-electron chi connectivity index (χ2n) is 4.87. The average Bonchev–Trinajstić information content (AvgIpc) is 2.52. The number of nitrogen functional groups attached to an aromatic ring is 1. The van der Waals surface area contributed by atoms with E-state index < -0.39 is 11.7 Å². The summed E-state index contributed by atoms with van der Waals surface area (Å²) in [6, 6.07) is 12.5. The first-order chi connectivity index (χ1) is 11.0. The lowest BCUT2D eigenvalue weighted by Gasteiger charge is -2.07. The molecule has 2 aromatic carbocycles. The van der Waals surface area contributed by atoms with E-state index in [-0.39, 0.29) is 5.57 Å². The molecule has 0 radical (unpaired) electrons. The van der Waals surface area contributed by atoms with Crippen LogP contribution in [0.3, 0.4) is 0 Å². The van der Waals surface area contributed by atoms with Gasteiger partial charge in [0, 0.05) is 11.9 Å². The van der Waals surface area contributed by atoms with E-state index in [2.05, 4.69) is 10.6 Å². The zero-order valence-electron chi connectivity index (χ0n) is 12.4. The minimum absolute atomic E-state index is 0.130. The fraction of sp³-hybridized carbons (Fsp3) is 0.0588. The molecule has 0 atom stereocenters. The molecule has 116 valence electrons. The van der Waals surface area contributed by atoms with Gasteiger partial charge in [-0.25, -0.2) is 4.39 Å². The van der Waals surface area contributed by atoms with Crippen LogP contribution in [0.1, 0.15) is 5.56 Å². The summed E-state index contributed by atoms with van der Waals surface area (Å²) in [6.45, 7) is 1.91. The van der Waals surface area contributed by atoms with Crippen LogP contribution in [0.2, 0.25) is 0 Å². The van der Waals surface area contributed by atoms with Crippen LogP contribution >= 0.6 is 0 Å². The highest BCUT2D eigenvalue weighted by molar-refractivity contribution is 6.06. The van der Waals surface area contributed by atoms with E-state index >= 15 is 0 Å². The molecular formula is C17H15FN4O. The van der Waals surface area contributed by atoms with Crippen LogP contribution in [0.4, 0.5) is 21.5 Å². The third kappa shape index (κ3) is 4.32. The second-order valence-corrected chi connectivity index (χ2v) is 4.87. The van der Waals surface area contributed by atoms with Crippen LogP contribution in [0.25, 0.3) is 0 Å². The summed E-state index contributed by atoms with van der Waals surface area (Å²) < 4.78 is 12.8. The molecule has 1 amide bonds. The predicted molar refractivity (Wildman–Crippen MR) is 87.9 cm³/mol. The number of hydrogen-bond acceptors (Lipinski definition) is 4. The summed E-state index contributed by atoms with van der Waals surface area (Å²) in [5, 5.41) is 14.4. The molecule has 0 saturated heterocycles. The van der Waals surface area contributed by atoms with Gasteiger partial charge in [0.1, 0.15) is 17.5 Å². The Balaban J connectivity index is 2.10. The monoisotopic (exact) mass is 310 g/mol. The van der Waals surface area contributed by atoms with E-state index in [1.165, 1.54) is 30.5 Å². The molecule has 0 aliphatic heterocycles. The van der Waals surface area contributed by atoms with Crippen molar-refractivity contribution >= 4 is 23.0 Å². The first kappa shape index (κ1) is 16.0. The van der Waals surface area contributed by atoms with Crippen molar-refractivity contribution in [3.8, 4) is 6.07 Å². The number of amides is 1. The maximum atomic E-state index is 12.8. The van der Waals surface area contributed by atoms with Crippen LogP contribution in [0.5, 0.6) is 0 Å². The van der Waals surface area contributed by atoms with Crippen molar-refractivity contribution in [3.63, 3.8) is 0 Å². The molecular weight excluding hydrogens is 295 g/mol. The zero-order chi connectivity index (χ0) is 16.8. The highest BCUT2D eigenvalue weighted by Gasteiger charge is 2.09. The van der Waals surface area contributed by atoms with Crippen molar-refractivity contribution in [2.24, 2.45) is 0 Å². The van der Waals surface area contributed by atoms with Gasteiger partial charge in [0.2, 0.25) is 0 Å². The van der Waals surface area contributed by atoms with Gasteiger partial charge >= 0.3 is 0 Å². The van der Waals surface area contributed by atoms with Gasteiger partial charge in [-0.1, -0.05) is 6.07 Å². The first-order valence-electron chi connectivity index (χ1n) is 6.79. The number of benzene rings is 2. The standard InChI is InChI=1S/C17H15FN4O/c1-11-2-7-16(15(20)8-11)21-10-12(9-19)17(23)22-14-5-3-13(18)4-6-14/h2-8,10,21H,20H2,1H3,(H,22,23)/b12-10-. The van der Waals surface area contributed by atoms with Gasteiger partial charge in [0.05, 0.1) is 11.4 Å². The predicted octanol–water partition coefficient (Wildman–Crippen LogP) is 3.17. The maximum absolute atomic E-state index is 12.8. The number of rotatable bonds is 4. The molecule has 4 N–H and O–H groups in total. The highest BCUT2D eigenvalue weighted by atomic mass is 19.1. The quantitative estimate of drug-likeness (QED) is 0.459. The maximum Gasteiger partial charge on any atom is 0.267 e. The van der Waals surface area contributed by atoms with E-state index in [0.29, 0.717) is 17.1 Å². The van der Waals surface area contributed by atoms with Crippen molar-refractivity contribution in [2.75, 3.05) is 16.4 Å². The number of nitrogens with one attached hydrogen (secondary N) is 2. The molecule has 23 heavy (non-hydrogen) atoms. The number of carbonyl (C=O) groups is 1. The number of halogens is 1. The molecule has 5 nitrogen and oxygen atoms in total. The van der Waals surface area contributed by atoms with E-state index in [0.717, 1.165) is 5.56 Å². The SMILES string of the molecule is Cc1ccc(N/C=C(/C#N)C(=O)Nc2ccc(F)cc2)c(N)c1. The van der Waals surface area contributed by atoms with E-state index in [9.17, 15) is 9.18 Å². The summed E-state index contributed by atoms with van der Waals surface area (Å²) in [6.07, 6.45) is 1.28. The summed E-state index contributed by atoms with van der Waals surface area (Å²) in [7, 11) is 0. The lowest BCUT2D eigenvalue weighted by Crippen LogP contribution is -2.14. The smallest absolute Gasteiger partial charge is 0.267 e. The topological polar surface area (TPSA) is 90.9 Å². The van der Waals surface area contributed by atoms with Crippen molar-refractivity contribution in [1.82, 2.24) is 0 Å². The number of aryl methyl sites for hydroxylation is 1. The third-order valence-corrected chi connectivity index (χ3v) is 3.05. The van der Waals surface area contributed by atoms with Crippen molar-refractivity contribution in [2.45, 2.75) is 6.92 Å². The number of anilines is 3. The molecule has 0 unspecified atom stereocenters. The van der Waals surface area contributed by atoms with Gasteiger partial charge in [0.15, 0.2) is 0 Å². The lowest BCUT2D eigenvalue weighted by molar-refractivity contribution is -0.112. The van der Waals surface area contributed by atoms with Gasteiger partial charge in [-0.15, -0.1) is 0 Å². The minimum Gasteiger partial charge on any atom is -0.397 e. The van der Waals surface area contributed by atoms with Gasteiger partial charge in [-0.3, -0.25) is 4.79 Å². The van der Waals surface area contributed by atoms with Crippen molar-refractivity contribution in [3.05, 3.63) is 65.6 Å². The van der Waals surface area contributed by atoms with Gasteiger partial charge in [0.25, 0.3) is 5.91 Å². The molecule has 0 heterocycles. The highest BCUT2D eigenvalue weighted by Crippen LogP contribution is 2.19. The van der Waals surface area contributed by atoms with Crippen LogP contribution in [0.15, 0.2) is 54.2 Å². The van der Waals surface area contributed by atoms with E-state index in [1.807, 2.05) is 13.0 Å². The first-order valence-corrected chi connectivity index (χ1v) is 6.79. The molecule has 2 aromatic rings. The number of nitrogens with zero attached hydrogens (tertiary/aromatic N) is 1. The fourth-order valence-electron chi connectivity index (χ4n) is 1.84. The molecule has 0 bridgehead atoms. The molecule has 0 aromatic heterocycles. The molecule has 0 aliphatic rings. The molecule has 0 fully saturated rings. The van der Waals surface area contributed by atoms with Gasteiger partial charge in [-0.2, -0.15) is 5.26 Å². The Kier molecular flexibility index (Phi) is 4.95. The Hall–Kier alpha value is -3.33. The van der Waals surface area contributed by atoms with Crippen LogP contribution < -0.4 is 16.4 Å². The van der Waals surface area contributed by atoms with Crippen LogP contribution in [-0.2, 0) is 4.79 Å². The molecule has 0 saturated carbocycles. The number of hydrogen-bond donors (Lipinski definition) is 3. The van der Waals surface area contributed by atoms with E-state index in [1.54, 1.807) is 18.2 Å². The van der Waals surface area contributed by atoms with E-state index in [4.69, 9.17) is 11.0 Å². The minimum atomic E-state index is -0.600. The largest absolute Gasteiger partial charge is 0.397 e. The second kappa shape index (κ2) is 7.09. The number of nitriles is 1. The Morgan fingerprint density at radius 1 is 1.26 bits per heavy atom. The molecule has 0 aliphatic carbocycles. The average molecular weight is 310 g/mol. The summed E-state index contributed by atoms with van der Waals surface area (Å²) in [4.78, 5) is 12.0. The van der Waals surface area contributed by atoms with Crippen LogP contribution in [-0.4, -0.2) is 5.91 Å². The third-order valence-electron chi connectivity index (χ3n) is 3.05. The van der Waals surface area contributed by atoms with Crippen LogP contribution in [0, 0.1) is 24.1 Å². The van der Waals surface area contributed by atoms with Gasteiger partial charge < -0.3 is 16.4 Å². The Labute approximate surface area is 133 Å². The number of carbonyl (C=O) groups excluding carboxylic acids is 1. The zero-order valence-corrected chi connectivity index (χ0v) is 12.4. The van der Waals surface area contributed by atoms with Crippen molar-refractivity contribution in [1.29, 1.82) is 5.26 Å². The lowest BCUT2D eigenvalue weighted by atomic mass is 10.2. The summed E-state index contributed by atoms with van der Waals surface area (Å²) in [5.41, 5.74) is 8.23. The van der Waals surface area contributed by atoms with Gasteiger partial charge in [-0.05, 0) is 48.9 Å². The summed E-state index contributed by atoms with van der Waals surface area (Å²) in [5.74, 6) is -1.01. The molecule has 0 spiro atoms. The summed E-state index contributed by atoms with van der Waals surface area (Å²) >= 11 is 0. The Bertz CT molecular complexity index is 791. The molecule has 6 heteroatoms. The fourth-order valence-corrected chi connectivity index (χ4v) is 1.84. The molecule has 2 rings (SSSR count). The van der Waals surface area contributed by atoms with Crippen molar-refractivity contribution < 1.29 is 9.18 Å². The normalized spacial score (nSPS) is 10.7. The Morgan fingerprint density at radius 3 is 2.57 bits per heavy atom. The number of nitrogens with two attached hydrogens (primary N) is 1. The Morgan fingerprint density at radius 2 is 1.96 bits per heavy atom.